The zero-order chi connectivity index (χ0) is 24.9. The molecule has 0 atom stereocenters. The molecule has 0 aliphatic rings. The van der Waals surface area contributed by atoms with Gasteiger partial charge in [-0.3, -0.25) is 9.55 Å². The largest absolute Gasteiger partial charge is 0.493 e. The second kappa shape index (κ2) is 9.99. The van der Waals surface area contributed by atoms with E-state index in [1.54, 1.807) is 68.1 Å². The Hall–Kier alpha value is -5.17. The Kier molecular flexibility index (Phi) is 6.27. The highest BCUT2D eigenvalue weighted by molar-refractivity contribution is 5.88. The lowest BCUT2D eigenvalue weighted by atomic mass is 10.1. The van der Waals surface area contributed by atoms with Gasteiger partial charge in [0.15, 0.2) is 17.3 Å². The van der Waals surface area contributed by atoms with Gasteiger partial charge in [0.25, 0.3) is 0 Å². The van der Waals surface area contributed by atoms with Gasteiger partial charge in [-0.2, -0.15) is 5.26 Å². The first-order valence-electron chi connectivity index (χ1n) is 10.9. The van der Waals surface area contributed by atoms with Crippen LogP contribution in [0.1, 0.15) is 11.1 Å². The Morgan fingerprint density at radius 3 is 2.64 bits per heavy atom. The number of nitriles is 1. The minimum atomic E-state index is 0.321. The van der Waals surface area contributed by atoms with Crippen molar-refractivity contribution in [3.05, 3.63) is 84.7 Å². The Bertz CT molecular complexity index is 1550. The fraction of sp³-hybridized carbons (Fsp3) is 0.115. The molecular weight excluding hydrogens is 458 g/mol. The van der Waals surface area contributed by atoms with E-state index in [1.807, 2.05) is 24.3 Å². The van der Waals surface area contributed by atoms with Crippen LogP contribution in [0.15, 0.2) is 73.6 Å². The van der Waals surface area contributed by atoms with E-state index in [0.29, 0.717) is 52.1 Å². The maximum Gasteiger partial charge on any atom is 0.212 e. The van der Waals surface area contributed by atoms with Crippen LogP contribution in [0.2, 0.25) is 0 Å². The molecule has 0 saturated carbocycles. The molecule has 2 aromatic carbocycles. The number of anilines is 2. The summed E-state index contributed by atoms with van der Waals surface area (Å²) in [5.74, 6) is 2.24. The monoisotopic (exact) mass is 479 g/mol. The number of aromatic nitrogens is 5. The van der Waals surface area contributed by atoms with Crippen LogP contribution in [0.4, 0.5) is 11.4 Å². The number of nitrogens with zero attached hydrogens (tertiary/aromatic N) is 6. The van der Waals surface area contributed by atoms with Gasteiger partial charge in [0.05, 0.1) is 31.6 Å². The lowest BCUT2D eigenvalue weighted by Gasteiger charge is -2.14. The first-order chi connectivity index (χ1) is 17.7. The summed E-state index contributed by atoms with van der Waals surface area (Å²) in [4.78, 5) is 17.3. The predicted molar refractivity (Wildman–Crippen MR) is 133 cm³/mol. The normalized spacial score (nSPS) is 10.6. The molecule has 0 radical (unpaired) electrons. The summed E-state index contributed by atoms with van der Waals surface area (Å²) < 4.78 is 18.3. The van der Waals surface area contributed by atoms with Crippen LogP contribution in [0.5, 0.6) is 17.4 Å². The topological polar surface area (TPSA) is 120 Å². The Morgan fingerprint density at radius 1 is 1.00 bits per heavy atom. The second-order valence-electron chi connectivity index (χ2n) is 7.65. The fourth-order valence-electron chi connectivity index (χ4n) is 3.60. The summed E-state index contributed by atoms with van der Waals surface area (Å²) in [5.41, 5.74) is 3.71. The molecule has 3 aromatic heterocycles. The number of hydrogen-bond donors (Lipinski definition) is 1. The SMILES string of the molecule is COc1ccc(COc2ccc(Nc3ccc4ncc(-n5ccnc5)nc4c3C#N)cc2OC)cn1. The third-order valence-electron chi connectivity index (χ3n) is 5.43. The molecule has 1 N–H and O–H groups in total. The van der Waals surface area contributed by atoms with Crippen LogP contribution in [0, 0.1) is 11.3 Å². The van der Waals surface area contributed by atoms with Crippen LogP contribution in [0.25, 0.3) is 16.9 Å². The van der Waals surface area contributed by atoms with Gasteiger partial charge in [-0.15, -0.1) is 0 Å². The molecule has 0 unspecified atom stereocenters. The number of imidazole rings is 1. The summed E-state index contributed by atoms with van der Waals surface area (Å²) >= 11 is 0. The predicted octanol–water partition coefficient (Wildman–Crippen LogP) is 4.42. The minimum absolute atomic E-state index is 0.321. The van der Waals surface area contributed by atoms with E-state index in [2.05, 4.69) is 31.3 Å². The van der Waals surface area contributed by atoms with Crippen molar-refractivity contribution in [2.45, 2.75) is 6.61 Å². The Labute approximate surface area is 206 Å². The van der Waals surface area contributed by atoms with Crippen molar-refractivity contribution < 1.29 is 14.2 Å². The number of pyridine rings is 1. The van der Waals surface area contributed by atoms with Gasteiger partial charge in [0, 0.05) is 42.0 Å². The van der Waals surface area contributed by atoms with Crippen molar-refractivity contribution in [2.75, 3.05) is 19.5 Å². The molecule has 178 valence electrons. The van der Waals surface area contributed by atoms with Crippen molar-refractivity contribution in [3.63, 3.8) is 0 Å². The van der Waals surface area contributed by atoms with Crippen molar-refractivity contribution in [3.8, 4) is 29.3 Å². The molecule has 5 rings (SSSR count). The average Bonchev–Trinajstić information content (AvgIpc) is 3.47. The number of rotatable bonds is 8. The van der Waals surface area contributed by atoms with Gasteiger partial charge in [0.2, 0.25) is 5.88 Å². The zero-order valence-corrected chi connectivity index (χ0v) is 19.5. The Morgan fingerprint density at radius 2 is 1.92 bits per heavy atom. The van der Waals surface area contributed by atoms with E-state index in [-0.39, 0.29) is 0 Å². The first kappa shape index (κ1) is 22.6. The summed E-state index contributed by atoms with van der Waals surface area (Å²) in [5, 5.41) is 13.2. The average molecular weight is 480 g/mol. The summed E-state index contributed by atoms with van der Waals surface area (Å²) in [6.07, 6.45) is 8.40. The third-order valence-corrected chi connectivity index (χ3v) is 5.43. The van der Waals surface area contributed by atoms with E-state index in [1.165, 1.54) is 0 Å². The maximum atomic E-state index is 9.94. The molecule has 10 nitrogen and oxygen atoms in total. The van der Waals surface area contributed by atoms with Crippen molar-refractivity contribution in [1.82, 2.24) is 24.5 Å². The highest BCUT2D eigenvalue weighted by atomic mass is 16.5. The molecule has 0 spiro atoms. The van der Waals surface area contributed by atoms with Gasteiger partial charge in [-0.1, -0.05) is 0 Å². The molecule has 0 bridgehead atoms. The fourth-order valence-corrected chi connectivity index (χ4v) is 3.60. The highest BCUT2D eigenvalue weighted by Gasteiger charge is 2.13. The number of methoxy groups -OCH3 is 2. The van der Waals surface area contributed by atoms with Crippen molar-refractivity contribution >= 4 is 22.4 Å². The highest BCUT2D eigenvalue weighted by Crippen LogP contribution is 2.33. The number of ether oxygens (including phenoxy) is 3. The van der Waals surface area contributed by atoms with Crippen LogP contribution < -0.4 is 19.5 Å². The van der Waals surface area contributed by atoms with Crippen molar-refractivity contribution in [2.24, 2.45) is 0 Å². The zero-order valence-electron chi connectivity index (χ0n) is 19.5. The maximum absolute atomic E-state index is 9.94. The van der Waals surface area contributed by atoms with E-state index < -0.39 is 0 Å². The van der Waals surface area contributed by atoms with Gasteiger partial charge in [0.1, 0.15) is 30.1 Å². The van der Waals surface area contributed by atoms with E-state index in [4.69, 9.17) is 14.2 Å². The summed E-state index contributed by atoms with van der Waals surface area (Å²) in [6.45, 7) is 0.321. The minimum Gasteiger partial charge on any atom is -0.493 e. The molecule has 3 heterocycles. The van der Waals surface area contributed by atoms with Crippen LogP contribution >= 0.6 is 0 Å². The van der Waals surface area contributed by atoms with Gasteiger partial charge in [-0.25, -0.2) is 15.0 Å². The summed E-state index contributed by atoms with van der Waals surface area (Å²) in [6, 6.07) is 15.0. The molecule has 0 aliphatic heterocycles. The number of nitrogens with one attached hydrogen (secondary N) is 1. The van der Waals surface area contributed by atoms with E-state index in [9.17, 15) is 5.26 Å². The molecule has 36 heavy (non-hydrogen) atoms. The van der Waals surface area contributed by atoms with Crippen LogP contribution in [0.3, 0.4) is 0 Å². The van der Waals surface area contributed by atoms with Crippen LogP contribution in [-0.4, -0.2) is 38.7 Å². The first-order valence-corrected chi connectivity index (χ1v) is 10.9. The van der Waals surface area contributed by atoms with E-state index in [0.717, 1.165) is 11.3 Å². The van der Waals surface area contributed by atoms with Crippen molar-refractivity contribution in [1.29, 1.82) is 5.26 Å². The number of hydrogen-bond acceptors (Lipinski definition) is 9. The van der Waals surface area contributed by atoms with Gasteiger partial charge >= 0.3 is 0 Å². The molecule has 0 aliphatic carbocycles. The molecule has 5 aromatic rings. The van der Waals surface area contributed by atoms with Gasteiger partial charge in [-0.05, 0) is 30.3 Å². The van der Waals surface area contributed by atoms with E-state index >= 15 is 0 Å². The summed E-state index contributed by atoms with van der Waals surface area (Å²) in [7, 11) is 3.15. The molecular formula is C26H21N7O3. The standard InChI is InChI=1S/C26H21N7O3/c1-34-23-11-18(4-7-22(23)36-15-17-3-8-25(35-2)30-13-17)31-20-5-6-21-26(19(20)12-27)32-24(14-29-21)33-10-9-28-16-33/h3-11,13-14,16,31H,15H2,1-2H3. The van der Waals surface area contributed by atoms with Gasteiger partial charge < -0.3 is 19.5 Å². The lowest BCUT2D eigenvalue weighted by molar-refractivity contribution is 0.284. The second-order valence-corrected chi connectivity index (χ2v) is 7.65. The smallest absolute Gasteiger partial charge is 0.212 e. The molecule has 0 amide bonds. The molecule has 10 heteroatoms. The molecule has 0 saturated heterocycles. The Balaban J connectivity index is 1.39. The third kappa shape index (κ3) is 4.58. The molecule has 0 fully saturated rings. The quantitative estimate of drug-likeness (QED) is 0.345. The number of fused-ring (bicyclic) bond motifs is 1. The number of benzene rings is 2. The van der Waals surface area contributed by atoms with Crippen LogP contribution in [-0.2, 0) is 6.61 Å². The lowest BCUT2D eigenvalue weighted by Crippen LogP contribution is -2.01.